The number of anilines is 6. The molecule has 4 heteroatoms. The molecule has 2 aliphatic rings. The molecule has 3 heterocycles. The molecule has 0 radical (unpaired) electrons. The molecule has 9 aromatic rings. The van der Waals surface area contributed by atoms with Crippen LogP contribution in [0.4, 0.5) is 34.1 Å². The summed E-state index contributed by atoms with van der Waals surface area (Å²) in [6.07, 6.45) is 0. The molecule has 0 saturated heterocycles. The predicted octanol–water partition coefficient (Wildman–Crippen LogP) is 14.6. The van der Waals surface area contributed by atoms with Crippen LogP contribution in [-0.4, -0.2) is 0 Å². The van der Waals surface area contributed by atoms with Gasteiger partial charge in [0.2, 0.25) is 0 Å². The van der Waals surface area contributed by atoms with Gasteiger partial charge in [0.1, 0.15) is 5.58 Å². The molecular formula is C51H36N2O2. The Morgan fingerprint density at radius 3 is 1.89 bits per heavy atom. The molecular weight excluding hydrogens is 673 g/mol. The third kappa shape index (κ3) is 4.85. The van der Waals surface area contributed by atoms with Crippen LogP contribution in [-0.2, 0) is 5.41 Å². The molecule has 11 rings (SSSR count). The Labute approximate surface area is 320 Å². The van der Waals surface area contributed by atoms with Crippen LogP contribution in [0.1, 0.15) is 25.0 Å². The number of nitrogens with zero attached hydrogens (tertiary/aromatic N) is 2. The van der Waals surface area contributed by atoms with Crippen molar-refractivity contribution in [1.82, 2.24) is 0 Å². The zero-order chi connectivity index (χ0) is 36.7. The normalized spacial score (nSPS) is 13.5. The van der Waals surface area contributed by atoms with Gasteiger partial charge in [0, 0.05) is 27.6 Å². The quantitative estimate of drug-likeness (QED) is 0.178. The first-order valence-electron chi connectivity index (χ1n) is 18.8. The average Bonchev–Trinajstić information content (AvgIpc) is 3.63. The van der Waals surface area contributed by atoms with E-state index in [0.29, 0.717) is 0 Å². The Morgan fingerprint density at radius 2 is 1.09 bits per heavy atom. The predicted molar refractivity (Wildman–Crippen MR) is 226 cm³/mol. The molecule has 2 aliphatic heterocycles. The van der Waals surface area contributed by atoms with Gasteiger partial charge in [-0.2, -0.15) is 0 Å². The molecule has 0 fully saturated rings. The molecule has 0 atom stereocenters. The topological polar surface area (TPSA) is 28.9 Å². The Hall–Kier alpha value is -7.04. The van der Waals surface area contributed by atoms with Crippen LogP contribution in [0.15, 0.2) is 186 Å². The lowest BCUT2D eigenvalue weighted by Gasteiger charge is -2.45. The molecule has 1 aromatic heterocycles. The summed E-state index contributed by atoms with van der Waals surface area (Å²) in [5, 5.41) is 2.22. The van der Waals surface area contributed by atoms with Crippen LogP contribution in [0.5, 0.6) is 11.5 Å². The third-order valence-corrected chi connectivity index (χ3v) is 11.4. The smallest absolute Gasteiger partial charge is 0.159 e. The standard InChI is InChI=1S/C51H36N2O2/c1-51(2)41-16-11-21-48-49(41)53(44-17-7-9-20-47(44)54-48)43-31-26-36(32-42(43)51)35-24-29-38(30-25-35)52(37-27-22-34(23-28-37)33-12-4-3-5-13-33)45-18-10-15-40-39-14-6-8-19-46(39)55-50(40)45/h3-32H,1-2H3. The van der Waals surface area contributed by atoms with Gasteiger partial charge in [-0.05, 0) is 100 Å². The van der Waals surface area contributed by atoms with E-state index < -0.39 is 0 Å². The lowest BCUT2D eigenvalue weighted by molar-refractivity contribution is 0.471. The fourth-order valence-corrected chi connectivity index (χ4v) is 8.69. The first-order valence-corrected chi connectivity index (χ1v) is 18.8. The summed E-state index contributed by atoms with van der Waals surface area (Å²) >= 11 is 0. The zero-order valence-electron chi connectivity index (χ0n) is 30.5. The zero-order valence-corrected chi connectivity index (χ0v) is 30.5. The van der Waals surface area contributed by atoms with E-state index in [1.165, 1.54) is 33.5 Å². The van der Waals surface area contributed by atoms with Crippen LogP contribution >= 0.6 is 0 Å². The Bertz CT molecular complexity index is 2930. The number of fused-ring (bicyclic) bond motifs is 7. The molecule has 0 amide bonds. The van der Waals surface area contributed by atoms with Crippen LogP contribution in [0.2, 0.25) is 0 Å². The lowest BCUT2D eigenvalue weighted by Crippen LogP contribution is -2.32. The van der Waals surface area contributed by atoms with Gasteiger partial charge < -0.3 is 19.0 Å². The fraction of sp³-hybridized carbons (Fsp3) is 0.0588. The van der Waals surface area contributed by atoms with Crippen molar-refractivity contribution in [3.05, 3.63) is 193 Å². The van der Waals surface area contributed by atoms with Crippen molar-refractivity contribution < 1.29 is 9.15 Å². The summed E-state index contributed by atoms with van der Waals surface area (Å²) in [7, 11) is 0. The van der Waals surface area contributed by atoms with Crippen LogP contribution in [0, 0.1) is 0 Å². The van der Waals surface area contributed by atoms with Gasteiger partial charge in [-0.3, -0.25) is 0 Å². The van der Waals surface area contributed by atoms with Crippen molar-refractivity contribution >= 4 is 56.1 Å². The van der Waals surface area contributed by atoms with E-state index in [1.54, 1.807) is 0 Å². The van der Waals surface area contributed by atoms with Crippen LogP contribution in [0.3, 0.4) is 0 Å². The van der Waals surface area contributed by atoms with Gasteiger partial charge in [-0.1, -0.05) is 129 Å². The number of para-hydroxylation sites is 5. The molecule has 0 saturated carbocycles. The molecule has 55 heavy (non-hydrogen) atoms. The molecule has 0 unspecified atom stereocenters. The molecule has 4 nitrogen and oxygen atoms in total. The second kappa shape index (κ2) is 12.0. The minimum atomic E-state index is -0.239. The van der Waals surface area contributed by atoms with Crippen LogP contribution < -0.4 is 14.5 Å². The van der Waals surface area contributed by atoms with Crippen molar-refractivity contribution in [1.29, 1.82) is 0 Å². The molecule has 0 aliphatic carbocycles. The molecule has 0 bridgehead atoms. The van der Waals surface area contributed by atoms with E-state index >= 15 is 0 Å². The second-order valence-electron chi connectivity index (χ2n) is 15.0. The van der Waals surface area contributed by atoms with E-state index in [2.05, 4.69) is 187 Å². The van der Waals surface area contributed by atoms with Crippen molar-refractivity contribution in [2.45, 2.75) is 19.3 Å². The third-order valence-electron chi connectivity index (χ3n) is 11.4. The number of hydrogen-bond donors (Lipinski definition) is 0. The SMILES string of the molecule is CC1(C)c2cc(-c3ccc(N(c4ccc(-c5ccccc5)cc4)c4cccc5c4oc4ccccc45)cc3)ccc2N2c3ccccc3Oc3cccc1c32. The van der Waals surface area contributed by atoms with Gasteiger partial charge in [0.25, 0.3) is 0 Å². The van der Waals surface area contributed by atoms with Crippen molar-refractivity contribution in [3.8, 4) is 33.8 Å². The van der Waals surface area contributed by atoms with E-state index in [1.807, 2.05) is 18.2 Å². The summed E-state index contributed by atoms with van der Waals surface area (Å²) in [5.74, 6) is 1.77. The maximum absolute atomic E-state index is 6.59. The van der Waals surface area contributed by atoms with E-state index in [4.69, 9.17) is 9.15 Å². The minimum absolute atomic E-state index is 0.239. The highest BCUT2D eigenvalue weighted by Gasteiger charge is 2.41. The Balaban J connectivity index is 1.02. The largest absolute Gasteiger partial charge is 0.454 e. The second-order valence-corrected chi connectivity index (χ2v) is 15.0. The summed E-state index contributed by atoms with van der Waals surface area (Å²) in [6.45, 7) is 4.65. The fourth-order valence-electron chi connectivity index (χ4n) is 8.69. The number of benzene rings is 8. The van der Waals surface area contributed by atoms with E-state index in [9.17, 15) is 0 Å². The van der Waals surface area contributed by atoms with Crippen LogP contribution in [0.25, 0.3) is 44.2 Å². The highest BCUT2D eigenvalue weighted by atomic mass is 16.5. The molecule has 262 valence electrons. The van der Waals surface area contributed by atoms with Gasteiger partial charge in [-0.15, -0.1) is 0 Å². The summed E-state index contributed by atoms with van der Waals surface area (Å²) in [6, 6.07) is 64.7. The number of ether oxygens (including phenoxy) is 1. The number of rotatable bonds is 5. The lowest BCUT2D eigenvalue weighted by atomic mass is 9.72. The Morgan fingerprint density at radius 1 is 0.473 bits per heavy atom. The van der Waals surface area contributed by atoms with Crippen molar-refractivity contribution in [2.75, 3.05) is 9.80 Å². The summed E-state index contributed by atoms with van der Waals surface area (Å²) < 4.78 is 13.0. The van der Waals surface area contributed by atoms with Gasteiger partial charge in [-0.25, -0.2) is 0 Å². The van der Waals surface area contributed by atoms with Gasteiger partial charge in [0.05, 0.1) is 22.7 Å². The molecule has 0 N–H and O–H groups in total. The van der Waals surface area contributed by atoms with E-state index in [0.717, 1.165) is 67.4 Å². The van der Waals surface area contributed by atoms with E-state index in [-0.39, 0.29) is 5.41 Å². The van der Waals surface area contributed by atoms with Gasteiger partial charge >= 0.3 is 0 Å². The number of furan rings is 1. The summed E-state index contributed by atoms with van der Waals surface area (Å²) in [4.78, 5) is 4.69. The maximum Gasteiger partial charge on any atom is 0.159 e. The average molecular weight is 709 g/mol. The Kier molecular flexibility index (Phi) is 6.86. The highest BCUT2D eigenvalue weighted by Crippen LogP contribution is 2.60. The first-order chi connectivity index (χ1) is 27.0. The van der Waals surface area contributed by atoms with Gasteiger partial charge in [0.15, 0.2) is 17.1 Å². The van der Waals surface area contributed by atoms with Crippen molar-refractivity contribution in [2.24, 2.45) is 0 Å². The maximum atomic E-state index is 6.59. The van der Waals surface area contributed by atoms with Crippen molar-refractivity contribution in [3.63, 3.8) is 0 Å². The highest BCUT2D eigenvalue weighted by molar-refractivity contribution is 6.10. The molecule has 0 spiro atoms. The monoisotopic (exact) mass is 708 g/mol. The minimum Gasteiger partial charge on any atom is -0.454 e. The first kappa shape index (κ1) is 31.5. The molecule has 8 aromatic carbocycles. The summed E-state index contributed by atoms with van der Waals surface area (Å²) in [5.41, 5.74) is 15.2. The number of hydrogen-bond acceptors (Lipinski definition) is 4.